The van der Waals surface area contributed by atoms with E-state index in [4.69, 9.17) is 4.42 Å². The first-order valence-electron chi connectivity index (χ1n) is 10.4. The molecule has 2 saturated heterocycles. The number of benzene rings is 1. The SMILES string of the molecule is Cc1cccc(C2NC(SCC(=O)NCc3ccco3)C3C(=O)N(C)C(=O)N(C)C3N2)c1. The second kappa shape index (κ2) is 9.35. The largest absolute Gasteiger partial charge is 0.467 e. The maximum Gasteiger partial charge on any atom is 0.327 e. The number of nitrogens with one attached hydrogen (secondary N) is 3. The lowest BCUT2D eigenvalue weighted by molar-refractivity contribution is -0.140. The molecule has 2 fully saturated rings. The number of hydrogen-bond donors (Lipinski definition) is 3. The van der Waals surface area contributed by atoms with Gasteiger partial charge in [0.05, 0.1) is 42.2 Å². The van der Waals surface area contributed by atoms with Gasteiger partial charge in [0.1, 0.15) is 5.76 Å². The maximum atomic E-state index is 13.0. The van der Waals surface area contributed by atoms with Crippen molar-refractivity contribution >= 4 is 29.6 Å². The number of fused-ring (bicyclic) bond motifs is 1. The van der Waals surface area contributed by atoms with E-state index in [1.807, 2.05) is 25.1 Å². The number of urea groups is 1. The Hall–Kier alpha value is -2.82. The van der Waals surface area contributed by atoms with Crippen LogP contribution in [-0.2, 0) is 16.1 Å². The molecule has 10 heteroatoms. The molecular weight excluding hydrogens is 430 g/mol. The third-order valence-electron chi connectivity index (χ3n) is 5.77. The molecule has 170 valence electrons. The minimum Gasteiger partial charge on any atom is -0.467 e. The molecule has 2 aromatic rings. The van der Waals surface area contributed by atoms with Crippen LogP contribution in [0.1, 0.15) is 23.1 Å². The van der Waals surface area contributed by atoms with Gasteiger partial charge in [0.15, 0.2) is 0 Å². The van der Waals surface area contributed by atoms with Gasteiger partial charge in [-0.3, -0.25) is 25.1 Å². The van der Waals surface area contributed by atoms with Crippen molar-refractivity contribution in [2.75, 3.05) is 19.8 Å². The summed E-state index contributed by atoms with van der Waals surface area (Å²) in [6.07, 6.45) is 0.803. The minimum absolute atomic E-state index is 0.156. The van der Waals surface area contributed by atoms with Crippen LogP contribution in [-0.4, -0.2) is 59.0 Å². The quantitative estimate of drug-likeness (QED) is 0.605. The van der Waals surface area contributed by atoms with Crippen molar-refractivity contribution in [1.82, 2.24) is 25.8 Å². The summed E-state index contributed by atoms with van der Waals surface area (Å²) in [6.45, 7) is 2.32. The number of aryl methyl sites for hydroxylation is 1. The normalized spacial score (nSPS) is 25.6. The molecule has 9 nitrogen and oxygen atoms in total. The number of carbonyl (C=O) groups is 3. The molecule has 0 aliphatic carbocycles. The summed E-state index contributed by atoms with van der Waals surface area (Å²) in [5.41, 5.74) is 2.11. The Morgan fingerprint density at radius 2 is 2.00 bits per heavy atom. The van der Waals surface area contributed by atoms with Crippen molar-refractivity contribution in [2.24, 2.45) is 5.92 Å². The number of imide groups is 1. The molecule has 4 unspecified atom stereocenters. The van der Waals surface area contributed by atoms with Crippen molar-refractivity contribution in [1.29, 1.82) is 0 Å². The Morgan fingerprint density at radius 1 is 1.19 bits per heavy atom. The van der Waals surface area contributed by atoms with Crippen molar-refractivity contribution in [3.8, 4) is 0 Å². The predicted molar refractivity (Wildman–Crippen MR) is 120 cm³/mol. The fourth-order valence-electron chi connectivity index (χ4n) is 4.06. The van der Waals surface area contributed by atoms with Gasteiger partial charge in [-0.2, -0.15) is 0 Å². The van der Waals surface area contributed by atoms with Crippen molar-refractivity contribution in [2.45, 2.75) is 31.2 Å². The van der Waals surface area contributed by atoms with Crippen LogP contribution in [0.4, 0.5) is 4.79 Å². The molecule has 2 aliphatic rings. The van der Waals surface area contributed by atoms with Gasteiger partial charge in [0.25, 0.3) is 0 Å². The Balaban J connectivity index is 1.51. The first-order chi connectivity index (χ1) is 15.3. The maximum absolute atomic E-state index is 13.0. The van der Waals surface area contributed by atoms with Gasteiger partial charge >= 0.3 is 6.03 Å². The van der Waals surface area contributed by atoms with E-state index >= 15 is 0 Å². The molecule has 32 heavy (non-hydrogen) atoms. The average molecular weight is 458 g/mol. The number of hydrogen-bond acceptors (Lipinski definition) is 7. The molecule has 4 amide bonds. The second-order valence-electron chi connectivity index (χ2n) is 8.03. The summed E-state index contributed by atoms with van der Waals surface area (Å²) in [5, 5.41) is 9.34. The Bertz CT molecular complexity index is 998. The fraction of sp³-hybridized carbons (Fsp3) is 0.409. The summed E-state index contributed by atoms with van der Waals surface area (Å²) in [7, 11) is 3.17. The van der Waals surface area contributed by atoms with E-state index in [1.165, 1.54) is 18.8 Å². The second-order valence-corrected chi connectivity index (χ2v) is 9.16. The van der Waals surface area contributed by atoms with Crippen molar-refractivity contribution in [3.05, 3.63) is 59.5 Å². The van der Waals surface area contributed by atoms with E-state index in [0.717, 1.165) is 16.0 Å². The van der Waals surface area contributed by atoms with Crippen LogP contribution in [0.15, 0.2) is 47.1 Å². The minimum atomic E-state index is -0.536. The molecule has 0 bridgehead atoms. The predicted octanol–water partition coefficient (Wildman–Crippen LogP) is 1.62. The highest BCUT2D eigenvalue weighted by atomic mass is 32.2. The number of amides is 4. The van der Waals surface area contributed by atoms with Crippen LogP contribution in [0.3, 0.4) is 0 Å². The first kappa shape index (κ1) is 22.4. The summed E-state index contributed by atoms with van der Waals surface area (Å²) < 4.78 is 5.24. The Kier molecular flexibility index (Phi) is 6.54. The molecule has 0 saturated carbocycles. The van der Waals surface area contributed by atoms with E-state index in [-0.39, 0.29) is 35.1 Å². The van der Waals surface area contributed by atoms with Gasteiger partial charge in [-0.15, -0.1) is 11.8 Å². The van der Waals surface area contributed by atoms with Crippen LogP contribution in [0, 0.1) is 12.8 Å². The summed E-state index contributed by atoms with van der Waals surface area (Å²) >= 11 is 1.36. The zero-order chi connectivity index (χ0) is 22.8. The standard InChI is InChI=1S/C22H27N5O4S/c1-13-6-4-7-14(10-13)18-24-19-17(21(29)27(3)22(30)26(19)2)20(25-18)32-12-16(28)23-11-15-8-5-9-31-15/h4-10,17-20,24-25H,11-12H2,1-3H3,(H,23,28). The molecule has 1 aromatic carbocycles. The van der Waals surface area contributed by atoms with Crippen molar-refractivity contribution < 1.29 is 18.8 Å². The third-order valence-corrected chi connectivity index (χ3v) is 6.98. The summed E-state index contributed by atoms with van der Waals surface area (Å²) in [5.74, 6) is -0.124. The smallest absolute Gasteiger partial charge is 0.327 e. The zero-order valence-electron chi connectivity index (χ0n) is 18.2. The van der Waals surface area contributed by atoms with E-state index in [9.17, 15) is 14.4 Å². The first-order valence-corrected chi connectivity index (χ1v) is 11.4. The monoisotopic (exact) mass is 457 g/mol. The molecule has 0 radical (unpaired) electrons. The van der Waals surface area contributed by atoms with Crippen molar-refractivity contribution in [3.63, 3.8) is 0 Å². The zero-order valence-corrected chi connectivity index (χ0v) is 19.0. The van der Waals surface area contributed by atoms with Gasteiger partial charge in [-0.1, -0.05) is 29.8 Å². The fourth-order valence-corrected chi connectivity index (χ4v) is 5.19. The molecule has 3 N–H and O–H groups in total. The van der Waals surface area contributed by atoms with Crippen LogP contribution in [0.25, 0.3) is 0 Å². The van der Waals surface area contributed by atoms with Crippen LogP contribution < -0.4 is 16.0 Å². The molecular formula is C22H27N5O4S. The van der Waals surface area contributed by atoms with Gasteiger partial charge in [-0.05, 0) is 24.6 Å². The van der Waals surface area contributed by atoms with Gasteiger partial charge < -0.3 is 14.6 Å². The van der Waals surface area contributed by atoms with Crippen LogP contribution in [0.5, 0.6) is 0 Å². The molecule has 4 rings (SSSR count). The Morgan fingerprint density at radius 3 is 2.72 bits per heavy atom. The summed E-state index contributed by atoms with van der Waals surface area (Å²) in [6, 6.07) is 11.2. The lowest BCUT2D eigenvalue weighted by Crippen LogP contribution is -2.72. The highest BCUT2D eigenvalue weighted by molar-refractivity contribution is 8.00. The lowest BCUT2D eigenvalue weighted by atomic mass is 9.95. The van der Waals surface area contributed by atoms with E-state index < -0.39 is 12.1 Å². The summed E-state index contributed by atoms with van der Waals surface area (Å²) in [4.78, 5) is 40.7. The van der Waals surface area contributed by atoms with Crippen LogP contribution >= 0.6 is 11.8 Å². The molecule has 2 aliphatic heterocycles. The van der Waals surface area contributed by atoms with Crippen LogP contribution in [0.2, 0.25) is 0 Å². The van der Waals surface area contributed by atoms with E-state index in [2.05, 4.69) is 22.0 Å². The highest BCUT2D eigenvalue weighted by Crippen LogP contribution is 2.34. The highest BCUT2D eigenvalue weighted by Gasteiger charge is 2.51. The molecule has 0 spiro atoms. The van der Waals surface area contributed by atoms with Gasteiger partial charge in [0.2, 0.25) is 11.8 Å². The lowest BCUT2D eigenvalue weighted by Gasteiger charge is -2.50. The third kappa shape index (κ3) is 4.52. The average Bonchev–Trinajstić information content (AvgIpc) is 3.31. The van der Waals surface area contributed by atoms with E-state index in [1.54, 1.807) is 30.3 Å². The van der Waals surface area contributed by atoms with Gasteiger partial charge in [-0.25, -0.2) is 4.79 Å². The number of carbonyl (C=O) groups excluding carboxylic acids is 3. The molecule has 1 aromatic heterocycles. The molecule has 3 heterocycles. The number of rotatable bonds is 6. The number of nitrogens with zero attached hydrogens (tertiary/aromatic N) is 2. The molecule has 4 atom stereocenters. The Labute approximate surface area is 190 Å². The van der Waals surface area contributed by atoms with E-state index in [0.29, 0.717) is 12.3 Å². The number of furan rings is 1. The topological polar surface area (TPSA) is 107 Å². The van der Waals surface area contributed by atoms with Gasteiger partial charge in [0, 0.05) is 14.1 Å². The number of thioether (sulfide) groups is 1.